The molecule has 7 nitrogen and oxygen atoms in total. The third-order valence-electron chi connectivity index (χ3n) is 4.16. The highest BCUT2D eigenvalue weighted by atomic mass is 16.5. The van der Waals surface area contributed by atoms with Crippen LogP contribution in [0.5, 0.6) is 5.75 Å². The van der Waals surface area contributed by atoms with Crippen LogP contribution in [-0.4, -0.2) is 36.5 Å². The number of aryl methyl sites for hydroxylation is 1. The van der Waals surface area contributed by atoms with Crippen LogP contribution in [0.15, 0.2) is 29.4 Å². The fourth-order valence-corrected chi connectivity index (χ4v) is 2.81. The molecule has 0 unspecified atom stereocenters. The number of phenols is 1. The molecule has 1 aromatic carbocycles. The van der Waals surface area contributed by atoms with Gasteiger partial charge in [0, 0.05) is 48.8 Å². The van der Waals surface area contributed by atoms with Crippen molar-refractivity contribution in [2.24, 2.45) is 5.10 Å². The minimum Gasteiger partial charge on any atom is -0.507 e. The van der Waals surface area contributed by atoms with Crippen LogP contribution in [0.3, 0.4) is 0 Å². The summed E-state index contributed by atoms with van der Waals surface area (Å²) in [6.07, 6.45) is 1.50. The number of hydrogen-bond donors (Lipinski definition) is 2. The Balaban J connectivity index is 2.22. The number of nitrogens with zero attached hydrogens (tertiary/aromatic N) is 4. The van der Waals surface area contributed by atoms with Crippen LogP contribution in [0.25, 0.3) is 0 Å². The van der Waals surface area contributed by atoms with Crippen molar-refractivity contribution in [2.75, 3.05) is 30.5 Å². The summed E-state index contributed by atoms with van der Waals surface area (Å²) in [6, 6.07) is 9.41. The van der Waals surface area contributed by atoms with Gasteiger partial charge in [0.05, 0.1) is 12.8 Å². The summed E-state index contributed by atoms with van der Waals surface area (Å²) in [4.78, 5) is 6.47. The van der Waals surface area contributed by atoms with Crippen LogP contribution in [-0.2, 0) is 11.3 Å². The minimum atomic E-state index is 0.141. The van der Waals surface area contributed by atoms with Crippen molar-refractivity contribution in [3.05, 3.63) is 46.6 Å². The number of pyridine rings is 1. The first-order chi connectivity index (χ1) is 13.0. The Morgan fingerprint density at radius 2 is 2.07 bits per heavy atom. The van der Waals surface area contributed by atoms with Crippen molar-refractivity contribution in [2.45, 2.75) is 27.4 Å². The number of nitriles is 1. The number of anilines is 2. The summed E-state index contributed by atoms with van der Waals surface area (Å²) in [5, 5.41) is 23.8. The van der Waals surface area contributed by atoms with Crippen LogP contribution in [0, 0.1) is 18.3 Å². The number of hydrogen-bond acceptors (Lipinski definition) is 7. The predicted molar refractivity (Wildman–Crippen MR) is 107 cm³/mol. The standard InChI is InChI=1S/C20H25N5O2/c1-5-25(6-2)17-8-7-15(19(26)10-17)12-22-24-20-18(11-21)16(13-27-4)9-14(3)23-20/h7-10,12,26H,5-6,13H2,1-4H3,(H,23,24). The molecule has 0 fully saturated rings. The molecule has 0 saturated carbocycles. The molecule has 0 bridgehead atoms. The summed E-state index contributed by atoms with van der Waals surface area (Å²) in [7, 11) is 1.58. The molecule has 142 valence electrons. The van der Waals surface area contributed by atoms with Crippen molar-refractivity contribution in [3.63, 3.8) is 0 Å². The van der Waals surface area contributed by atoms with Gasteiger partial charge >= 0.3 is 0 Å². The first-order valence-electron chi connectivity index (χ1n) is 8.80. The molecule has 0 spiro atoms. The van der Waals surface area contributed by atoms with Gasteiger partial charge < -0.3 is 14.7 Å². The highest BCUT2D eigenvalue weighted by molar-refractivity contribution is 5.85. The Hall–Kier alpha value is -3.11. The zero-order valence-electron chi connectivity index (χ0n) is 16.2. The second kappa shape index (κ2) is 9.55. The normalized spacial score (nSPS) is 10.8. The highest BCUT2D eigenvalue weighted by Crippen LogP contribution is 2.24. The largest absolute Gasteiger partial charge is 0.507 e. The number of aromatic nitrogens is 1. The number of rotatable bonds is 8. The SMILES string of the molecule is CCN(CC)c1ccc(C=NNc2nc(C)cc(COC)c2C#N)c(O)c1. The van der Waals surface area contributed by atoms with Gasteiger partial charge in [0.1, 0.15) is 17.4 Å². The Labute approximate surface area is 159 Å². The lowest BCUT2D eigenvalue weighted by molar-refractivity contribution is 0.184. The average Bonchev–Trinajstić information content (AvgIpc) is 2.64. The van der Waals surface area contributed by atoms with Crippen LogP contribution in [0.2, 0.25) is 0 Å². The molecule has 0 aliphatic heterocycles. The highest BCUT2D eigenvalue weighted by Gasteiger charge is 2.11. The van der Waals surface area contributed by atoms with Crippen molar-refractivity contribution in [1.29, 1.82) is 5.26 Å². The Morgan fingerprint density at radius 3 is 2.67 bits per heavy atom. The molecular formula is C20H25N5O2. The van der Waals surface area contributed by atoms with Gasteiger partial charge in [-0.1, -0.05) is 0 Å². The van der Waals surface area contributed by atoms with E-state index in [0.29, 0.717) is 23.6 Å². The fourth-order valence-electron chi connectivity index (χ4n) is 2.81. The molecule has 0 radical (unpaired) electrons. The topological polar surface area (TPSA) is 93.8 Å². The summed E-state index contributed by atoms with van der Waals surface area (Å²) < 4.78 is 5.14. The van der Waals surface area contributed by atoms with E-state index in [1.807, 2.05) is 19.1 Å². The number of hydrazone groups is 1. The van der Waals surface area contributed by atoms with E-state index in [1.165, 1.54) is 6.21 Å². The molecule has 1 heterocycles. The summed E-state index contributed by atoms with van der Waals surface area (Å²) in [5.74, 6) is 0.503. The second-order valence-electron chi connectivity index (χ2n) is 5.98. The summed E-state index contributed by atoms with van der Waals surface area (Å²) >= 11 is 0. The first-order valence-corrected chi connectivity index (χ1v) is 8.80. The van der Waals surface area contributed by atoms with Crippen LogP contribution in [0.1, 0.15) is 36.2 Å². The van der Waals surface area contributed by atoms with E-state index >= 15 is 0 Å². The molecule has 0 aliphatic carbocycles. The van der Waals surface area contributed by atoms with Crippen molar-refractivity contribution in [1.82, 2.24) is 4.98 Å². The molecule has 1 aromatic heterocycles. The molecule has 0 atom stereocenters. The lowest BCUT2D eigenvalue weighted by atomic mass is 10.1. The minimum absolute atomic E-state index is 0.141. The zero-order chi connectivity index (χ0) is 19.8. The first kappa shape index (κ1) is 20.2. The number of benzene rings is 1. The van der Waals surface area contributed by atoms with Crippen LogP contribution < -0.4 is 10.3 Å². The van der Waals surface area contributed by atoms with Crippen molar-refractivity contribution >= 4 is 17.7 Å². The number of phenolic OH excluding ortho intramolecular Hbond substituents is 1. The van der Waals surface area contributed by atoms with Gasteiger partial charge in [-0.05, 0) is 39.0 Å². The van der Waals surface area contributed by atoms with Gasteiger partial charge in [0.15, 0.2) is 5.82 Å². The lowest BCUT2D eigenvalue weighted by Gasteiger charge is -2.21. The van der Waals surface area contributed by atoms with Gasteiger partial charge in [-0.3, -0.25) is 5.43 Å². The average molecular weight is 367 g/mol. The molecule has 27 heavy (non-hydrogen) atoms. The zero-order valence-corrected chi connectivity index (χ0v) is 16.2. The van der Waals surface area contributed by atoms with Crippen molar-refractivity contribution in [3.8, 4) is 11.8 Å². The summed E-state index contributed by atoms with van der Waals surface area (Å²) in [6.45, 7) is 8.03. The maximum atomic E-state index is 10.3. The number of nitrogens with one attached hydrogen (secondary N) is 1. The number of aromatic hydroxyl groups is 1. The fraction of sp³-hybridized carbons (Fsp3) is 0.350. The van der Waals surface area contributed by atoms with Gasteiger partial charge in [0.25, 0.3) is 0 Å². The quantitative estimate of drug-likeness (QED) is 0.548. The van der Waals surface area contributed by atoms with Gasteiger partial charge in [-0.25, -0.2) is 4.98 Å². The van der Waals surface area contributed by atoms with Crippen molar-refractivity contribution < 1.29 is 9.84 Å². The van der Waals surface area contributed by atoms with E-state index in [9.17, 15) is 10.4 Å². The molecule has 2 N–H and O–H groups in total. The van der Waals surface area contributed by atoms with Crippen LogP contribution >= 0.6 is 0 Å². The third kappa shape index (κ3) is 4.96. The molecular weight excluding hydrogens is 342 g/mol. The second-order valence-corrected chi connectivity index (χ2v) is 5.98. The molecule has 2 aromatic rings. The maximum Gasteiger partial charge on any atom is 0.164 e. The van der Waals surface area contributed by atoms with E-state index < -0.39 is 0 Å². The van der Waals surface area contributed by atoms with Gasteiger partial charge in [0.2, 0.25) is 0 Å². The van der Waals surface area contributed by atoms with E-state index in [2.05, 4.69) is 40.3 Å². The molecule has 0 saturated heterocycles. The summed E-state index contributed by atoms with van der Waals surface area (Å²) in [5.41, 5.74) is 6.22. The van der Waals surface area contributed by atoms with E-state index in [1.54, 1.807) is 19.2 Å². The maximum absolute atomic E-state index is 10.3. The Bertz CT molecular complexity index is 854. The Kier molecular flexibility index (Phi) is 7.15. The molecule has 7 heteroatoms. The third-order valence-corrected chi connectivity index (χ3v) is 4.16. The van der Waals surface area contributed by atoms with Crippen LogP contribution in [0.4, 0.5) is 11.5 Å². The molecule has 0 amide bonds. The van der Waals surface area contributed by atoms with Gasteiger partial charge in [-0.2, -0.15) is 10.4 Å². The molecule has 0 aliphatic rings. The predicted octanol–water partition coefficient (Wildman–Crippen LogP) is 3.41. The smallest absolute Gasteiger partial charge is 0.164 e. The monoisotopic (exact) mass is 367 g/mol. The van der Waals surface area contributed by atoms with E-state index in [4.69, 9.17) is 4.74 Å². The lowest BCUT2D eigenvalue weighted by Crippen LogP contribution is -2.21. The Morgan fingerprint density at radius 1 is 1.33 bits per heavy atom. The van der Waals surface area contributed by atoms with E-state index in [0.717, 1.165) is 30.0 Å². The molecule has 2 rings (SSSR count). The number of ether oxygens (including phenoxy) is 1. The van der Waals surface area contributed by atoms with E-state index in [-0.39, 0.29) is 5.75 Å². The van der Waals surface area contributed by atoms with Gasteiger partial charge in [-0.15, -0.1) is 0 Å². The number of methoxy groups -OCH3 is 1.